The molecule has 8 rings (SSSR count). The number of para-hydroxylation sites is 6. The summed E-state index contributed by atoms with van der Waals surface area (Å²) < 4.78 is 0. The third-order valence-electron chi connectivity index (χ3n) is 9.99. The molecule has 0 bridgehead atoms. The van der Waals surface area contributed by atoms with Gasteiger partial charge in [-0.15, -0.1) is 0 Å². The second-order valence-corrected chi connectivity index (χ2v) is 13.8. The monoisotopic (exact) mass is 818 g/mol. The molecule has 0 unspecified atom stereocenters. The first-order valence-electron chi connectivity index (χ1n) is 19.2. The van der Waals surface area contributed by atoms with Crippen LogP contribution in [0.1, 0.15) is 25.0 Å². The molecule has 0 radical (unpaired) electrons. The van der Waals surface area contributed by atoms with Gasteiger partial charge in [0.25, 0.3) is 0 Å². The molecule has 0 saturated carbocycles. The van der Waals surface area contributed by atoms with E-state index in [-0.39, 0.29) is 31.0 Å². The summed E-state index contributed by atoms with van der Waals surface area (Å²) in [6.07, 6.45) is 0. The molecule has 0 aliphatic carbocycles. The fraction of sp³-hybridized carbons (Fsp3) is 0.0385. The molecule has 0 saturated heterocycles. The van der Waals surface area contributed by atoms with E-state index in [1.54, 1.807) is 12.1 Å². The van der Waals surface area contributed by atoms with E-state index in [0.717, 1.165) is 56.6 Å². The number of aliphatic imine (C=N–C) groups is 2. The van der Waals surface area contributed by atoms with E-state index < -0.39 is 0 Å². The van der Waals surface area contributed by atoms with E-state index in [2.05, 4.69) is 58.3 Å². The van der Waals surface area contributed by atoms with Gasteiger partial charge in [-0.1, -0.05) is 109 Å². The van der Waals surface area contributed by atoms with Gasteiger partial charge in [0.2, 0.25) is 0 Å². The van der Waals surface area contributed by atoms with Crippen molar-refractivity contribution in [1.29, 1.82) is 0 Å². The topological polar surface area (TPSA) is 71.7 Å². The Bertz CT molecular complexity index is 2450. The van der Waals surface area contributed by atoms with Crippen LogP contribution in [0.4, 0.5) is 45.5 Å². The normalized spacial score (nSPS) is 11.4. The Morgan fingerprint density at radius 2 is 0.644 bits per heavy atom. The summed E-state index contributed by atoms with van der Waals surface area (Å²) in [7, 11) is 0. The van der Waals surface area contributed by atoms with Crippen LogP contribution in [-0.4, -0.2) is 21.6 Å². The SMILES string of the molecule is CC(=Nc1ccccc1-c1ccccc1N=C(C)c1cc(N(c2ccccc2)c2ccccc2)ccc1O)c1cc(N(c2ccccc2)c2ccccc2)ccc1O.[Zn]. The summed E-state index contributed by atoms with van der Waals surface area (Å²) in [4.78, 5) is 14.6. The van der Waals surface area contributed by atoms with Gasteiger partial charge in [0.1, 0.15) is 11.5 Å². The first kappa shape index (κ1) is 40.1. The van der Waals surface area contributed by atoms with Crippen molar-refractivity contribution < 1.29 is 29.7 Å². The van der Waals surface area contributed by atoms with Crippen molar-refractivity contribution in [2.45, 2.75) is 13.8 Å². The van der Waals surface area contributed by atoms with E-state index in [4.69, 9.17) is 9.98 Å². The van der Waals surface area contributed by atoms with Crippen LogP contribution < -0.4 is 9.80 Å². The average molecular weight is 820 g/mol. The van der Waals surface area contributed by atoms with Crippen molar-refractivity contribution in [2.75, 3.05) is 9.80 Å². The van der Waals surface area contributed by atoms with Gasteiger partial charge in [0.15, 0.2) is 0 Å². The van der Waals surface area contributed by atoms with Gasteiger partial charge in [-0.25, -0.2) is 0 Å². The second kappa shape index (κ2) is 18.5. The Hall–Kier alpha value is -7.08. The summed E-state index contributed by atoms with van der Waals surface area (Å²) >= 11 is 0. The Labute approximate surface area is 358 Å². The number of benzene rings is 8. The van der Waals surface area contributed by atoms with Gasteiger partial charge in [0.05, 0.1) is 11.4 Å². The zero-order valence-electron chi connectivity index (χ0n) is 33.0. The van der Waals surface area contributed by atoms with Gasteiger partial charge in [-0.2, -0.15) is 0 Å². The number of hydrogen-bond donors (Lipinski definition) is 2. The van der Waals surface area contributed by atoms with Crippen molar-refractivity contribution in [1.82, 2.24) is 0 Å². The summed E-state index contributed by atoms with van der Waals surface area (Å²) in [5.41, 5.74) is 11.6. The van der Waals surface area contributed by atoms with Gasteiger partial charge < -0.3 is 20.0 Å². The number of nitrogens with zero attached hydrogens (tertiary/aromatic N) is 4. The van der Waals surface area contributed by atoms with Crippen LogP contribution in [0.2, 0.25) is 0 Å². The fourth-order valence-electron chi connectivity index (χ4n) is 7.19. The van der Waals surface area contributed by atoms with Crippen molar-refractivity contribution in [2.24, 2.45) is 9.98 Å². The quantitative estimate of drug-likeness (QED) is 0.101. The number of hydrogen-bond acceptors (Lipinski definition) is 6. The minimum absolute atomic E-state index is 0. The first-order valence-corrected chi connectivity index (χ1v) is 19.2. The predicted octanol–water partition coefficient (Wildman–Crippen LogP) is 14.0. The smallest absolute Gasteiger partial charge is 0.124 e. The zero-order chi connectivity index (χ0) is 39.8. The number of rotatable bonds is 11. The minimum Gasteiger partial charge on any atom is -0.507 e. The molecule has 0 fully saturated rings. The molecule has 0 heterocycles. The third kappa shape index (κ3) is 8.92. The van der Waals surface area contributed by atoms with Crippen molar-refractivity contribution in [3.8, 4) is 22.6 Å². The molecule has 0 aliphatic heterocycles. The minimum atomic E-state index is 0. The van der Waals surface area contributed by atoms with Crippen LogP contribution in [-0.2, 0) is 19.5 Å². The van der Waals surface area contributed by atoms with Crippen molar-refractivity contribution in [3.63, 3.8) is 0 Å². The molecule has 284 valence electrons. The summed E-state index contributed by atoms with van der Waals surface area (Å²) in [5.74, 6) is 0.286. The maximum atomic E-state index is 11.2. The molecule has 6 nitrogen and oxygen atoms in total. The third-order valence-corrected chi connectivity index (χ3v) is 9.99. The van der Waals surface area contributed by atoms with Crippen molar-refractivity contribution >= 4 is 56.9 Å². The maximum Gasteiger partial charge on any atom is 0.124 e. The number of phenolic OH excluding ortho intramolecular Hbond substituents is 2. The molecule has 0 amide bonds. The molecular weight excluding hydrogens is 778 g/mol. The molecule has 8 aromatic carbocycles. The fourth-order valence-corrected chi connectivity index (χ4v) is 7.19. The molecule has 59 heavy (non-hydrogen) atoms. The first-order chi connectivity index (χ1) is 28.4. The van der Waals surface area contributed by atoms with E-state index in [9.17, 15) is 10.2 Å². The number of phenols is 2. The second-order valence-electron chi connectivity index (χ2n) is 13.8. The van der Waals surface area contributed by atoms with E-state index in [0.29, 0.717) is 22.6 Å². The number of anilines is 6. The molecule has 0 aliphatic rings. The summed E-state index contributed by atoms with van der Waals surface area (Å²) in [6, 6.07) is 67.9. The molecule has 0 atom stereocenters. The van der Waals surface area contributed by atoms with Crippen LogP contribution in [0, 0.1) is 0 Å². The Morgan fingerprint density at radius 3 is 0.966 bits per heavy atom. The van der Waals surface area contributed by atoms with E-state index >= 15 is 0 Å². The zero-order valence-corrected chi connectivity index (χ0v) is 36.0. The van der Waals surface area contributed by atoms with Crippen LogP contribution in [0.5, 0.6) is 11.5 Å². The van der Waals surface area contributed by atoms with Crippen LogP contribution in [0.15, 0.2) is 216 Å². The molecule has 2 N–H and O–H groups in total. The molecule has 8 aromatic rings. The molecule has 0 aromatic heterocycles. The average Bonchev–Trinajstić information content (AvgIpc) is 3.27. The number of aromatic hydroxyl groups is 2. The van der Waals surface area contributed by atoms with Crippen LogP contribution in [0.25, 0.3) is 11.1 Å². The molecular formula is C52H42N4O2Zn. The van der Waals surface area contributed by atoms with Gasteiger partial charge in [-0.3, -0.25) is 9.98 Å². The van der Waals surface area contributed by atoms with Crippen LogP contribution >= 0.6 is 0 Å². The summed E-state index contributed by atoms with van der Waals surface area (Å²) in [5, 5.41) is 22.4. The summed E-state index contributed by atoms with van der Waals surface area (Å²) in [6.45, 7) is 3.84. The Kier molecular flexibility index (Phi) is 12.6. The van der Waals surface area contributed by atoms with E-state index in [1.807, 2.05) is 159 Å². The van der Waals surface area contributed by atoms with Gasteiger partial charge in [-0.05, 0) is 111 Å². The standard InChI is InChI=1S/C52H42N4O2.Zn/c1-37(47-35-43(31-33-51(47)57)55(39-19-7-3-8-20-39)40-21-9-4-10-22-40)53-49-29-17-15-27-45(49)46-28-16-18-30-50(46)54-38(2)48-36-44(32-34-52(48)58)56(41-23-11-5-12-24-41)42-25-13-6-14-26-42;/h3-36,57-58H,1-2H3;. The van der Waals surface area contributed by atoms with Crippen LogP contribution in [0.3, 0.4) is 0 Å². The maximum absolute atomic E-state index is 11.2. The van der Waals surface area contributed by atoms with E-state index in [1.165, 1.54) is 0 Å². The molecule has 0 spiro atoms. The Morgan fingerprint density at radius 1 is 0.356 bits per heavy atom. The molecule has 7 heteroatoms. The Balaban J connectivity index is 0.00000528. The van der Waals surface area contributed by atoms with Gasteiger partial charge >= 0.3 is 0 Å². The largest absolute Gasteiger partial charge is 0.507 e. The predicted molar refractivity (Wildman–Crippen MR) is 241 cm³/mol. The van der Waals surface area contributed by atoms with Crippen molar-refractivity contribution in [3.05, 3.63) is 217 Å². The van der Waals surface area contributed by atoms with Gasteiger partial charge in [0, 0.05) is 87.3 Å².